The molecule has 2 aliphatic rings. The molecule has 0 radical (unpaired) electrons. The zero-order valence-corrected chi connectivity index (χ0v) is 15.7. The molecular formula is C17H21N3O6S. The molecule has 2 amide bonds. The van der Waals surface area contributed by atoms with E-state index in [0.29, 0.717) is 0 Å². The number of carbonyl (C=O) groups excluding carboxylic acids is 3. The summed E-state index contributed by atoms with van der Waals surface area (Å²) in [6.45, 7) is 0.500. The SMILES string of the molecule is COC(=O)c1ccc(S(=O)(=O)N2CCN(C(=O)C(=O)NC3CC3)CC2)cc1. The molecule has 0 unspecified atom stereocenters. The van der Waals surface area contributed by atoms with Gasteiger partial charge in [-0.1, -0.05) is 0 Å². The maximum atomic E-state index is 12.7. The lowest BCUT2D eigenvalue weighted by atomic mass is 10.2. The Hall–Kier alpha value is -2.46. The summed E-state index contributed by atoms with van der Waals surface area (Å²) in [5.41, 5.74) is 0.258. The highest BCUT2D eigenvalue weighted by molar-refractivity contribution is 7.89. The number of piperazine rings is 1. The van der Waals surface area contributed by atoms with Crippen molar-refractivity contribution in [2.75, 3.05) is 33.3 Å². The Bertz CT molecular complexity index is 840. The number of nitrogens with one attached hydrogen (secondary N) is 1. The van der Waals surface area contributed by atoms with Gasteiger partial charge in [0.25, 0.3) is 0 Å². The molecule has 10 heteroatoms. The molecule has 1 aliphatic heterocycles. The lowest BCUT2D eigenvalue weighted by Gasteiger charge is -2.33. The van der Waals surface area contributed by atoms with Gasteiger partial charge in [-0.15, -0.1) is 0 Å². The van der Waals surface area contributed by atoms with Gasteiger partial charge in [-0.2, -0.15) is 4.31 Å². The van der Waals surface area contributed by atoms with Crippen molar-refractivity contribution < 1.29 is 27.5 Å². The summed E-state index contributed by atoms with van der Waals surface area (Å²) in [5.74, 6) is -1.80. The fourth-order valence-electron chi connectivity index (χ4n) is 2.78. The summed E-state index contributed by atoms with van der Waals surface area (Å²) in [6, 6.07) is 5.57. The second kappa shape index (κ2) is 7.65. The molecule has 1 saturated heterocycles. The van der Waals surface area contributed by atoms with Crippen LogP contribution in [0, 0.1) is 0 Å². The lowest BCUT2D eigenvalue weighted by molar-refractivity contribution is -0.146. The maximum Gasteiger partial charge on any atom is 0.337 e. The van der Waals surface area contributed by atoms with Gasteiger partial charge in [0.15, 0.2) is 0 Å². The number of rotatable bonds is 4. The average molecular weight is 395 g/mol. The van der Waals surface area contributed by atoms with Crippen molar-refractivity contribution >= 4 is 27.8 Å². The van der Waals surface area contributed by atoms with E-state index in [2.05, 4.69) is 10.1 Å². The molecule has 1 aliphatic carbocycles. The number of benzene rings is 1. The van der Waals surface area contributed by atoms with Crippen molar-refractivity contribution in [2.24, 2.45) is 0 Å². The molecule has 3 rings (SSSR count). The largest absolute Gasteiger partial charge is 0.465 e. The highest BCUT2D eigenvalue weighted by atomic mass is 32.2. The van der Waals surface area contributed by atoms with Crippen LogP contribution in [0.5, 0.6) is 0 Å². The van der Waals surface area contributed by atoms with Gasteiger partial charge in [-0.25, -0.2) is 13.2 Å². The molecule has 1 aromatic rings. The monoisotopic (exact) mass is 395 g/mol. The zero-order valence-electron chi connectivity index (χ0n) is 14.9. The van der Waals surface area contributed by atoms with Crippen LogP contribution in [0.2, 0.25) is 0 Å². The Morgan fingerprint density at radius 3 is 2.15 bits per heavy atom. The summed E-state index contributed by atoms with van der Waals surface area (Å²) in [5, 5.41) is 2.64. The summed E-state index contributed by atoms with van der Waals surface area (Å²) >= 11 is 0. The van der Waals surface area contributed by atoms with E-state index in [1.165, 1.54) is 40.6 Å². The number of esters is 1. The first-order chi connectivity index (χ1) is 12.8. The first kappa shape index (κ1) is 19.3. The second-order valence-corrected chi connectivity index (χ2v) is 8.40. The number of carbonyl (C=O) groups is 3. The third-order valence-corrected chi connectivity index (χ3v) is 6.46. The number of hydrogen-bond donors (Lipinski definition) is 1. The van der Waals surface area contributed by atoms with Gasteiger partial charge in [0, 0.05) is 32.2 Å². The van der Waals surface area contributed by atoms with Crippen LogP contribution >= 0.6 is 0 Å². The van der Waals surface area contributed by atoms with E-state index in [1.807, 2.05) is 0 Å². The molecule has 0 spiro atoms. The van der Waals surface area contributed by atoms with Crippen molar-refractivity contribution in [2.45, 2.75) is 23.8 Å². The number of ether oxygens (including phenoxy) is 1. The van der Waals surface area contributed by atoms with E-state index in [-0.39, 0.29) is 42.7 Å². The Morgan fingerprint density at radius 1 is 1.04 bits per heavy atom. The van der Waals surface area contributed by atoms with Gasteiger partial charge in [-0.05, 0) is 37.1 Å². The minimum atomic E-state index is -3.75. The van der Waals surface area contributed by atoms with E-state index < -0.39 is 27.8 Å². The van der Waals surface area contributed by atoms with E-state index in [4.69, 9.17) is 0 Å². The quantitative estimate of drug-likeness (QED) is 0.548. The predicted molar refractivity (Wildman–Crippen MR) is 94.3 cm³/mol. The van der Waals surface area contributed by atoms with E-state index in [9.17, 15) is 22.8 Å². The third-order valence-electron chi connectivity index (χ3n) is 4.55. The highest BCUT2D eigenvalue weighted by Crippen LogP contribution is 2.20. The van der Waals surface area contributed by atoms with Crippen LogP contribution in [0.25, 0.3) is 0 Å². The van der Waals surface area contributed by atoms with Gasteiger partial charge < -0.3 is 15.0 Å². The number of nitrogens with zero attached hydrogens (tertiary/aromatic N) is 2. The fourth-order valence-corrected chi connectivity index (χ4v) is 4.20. The summed E-state index contributed by atoms with van der Waals surface area (Å²) < 4.78 is 31.3. The van der Waals surface area contributed by atoms with Crippen LogP contribution in [-0.4, -0.2) is 74.7 Å². The third kappa shape index (κ3) is 4.28. The summed E-state index contributed by atoms with van der Waals surface area (Å²) in [7, 11) is -2.50. The molecule has 0 aromatic heterocycles. The predicted octanol–water partition coefficient (Wildman–Crippen LogP) is -0.415. The van der Waals surface area contributed by atoms with Crippen LogP contribution in [0.1, 0.15) is 23.2 Å². The number of hydrogen-bond acceptors (Lipinski definition) is 6. The van der Waals surface area contributed by atoms with Gasteiger partial charge in [-0.3, -0.25) is 9.59 Å². The molecule has 1 saturated carbocycles. The average Bonchev–Trinajstić information content (AvgIpc) is 3.51. The van der Waals surface area contributed by atoms with Gasteiger partial charge in [0.2, 0.25) is 10.0 Å². The minimum absolute atomic E-state index is 0.0569. The van der Waals surface area contributed by atoms with Crippen molar-refractivity contribution in [3.8, 4) is 0 Å². The molecule has 1 heterocycles. The molecule has 1 N–H and O–H groups in total. The van der Waals surface area contributed by atoms with E-state index in [1.54, 1.807) is 0 Å². The Labute approximate surface area is 157 Å². The van der Waals surface area contributed by atoms with E-state index >= 15 is 0 Å². The number of methoxy groups -OCH3 is 1. The van der Waals surface area contributed by atoms with Crippen molar-refractivity contribution in [3.63, 3.8) is 0 Å². The van der Waals surface area contributed by atoms with Crippen LogP contribution in [0.3, 0.4) is 0 Å². The van der Waals surface area contributed by atoms with Crippen molar-refractivity contribution in [3.05, 3.63) is 29.8 Å². The molecule has 1 aromatic carbocycles. The van der Waals surface area contributed by atoms with Crippen LogP contribution in [-0.2, 0) is 24.3 Å². The molecule has 9 nitrogen and oxygen atoms in total. The minimum Gasteiger partial charge on any atom is -0.465 e. The van der Waals surface area contributed by atoms with Gasteiger partial charge in [0.05, 0.1) is 17.6 Å². The number of sulfonamides is 1. The van der Waals surface area contributed by atoms with Gasteiger partial charge in [0.1, 0.15) is 0 Å². The Balaban J connectivity index is 1.61. The summed E-state index contributed by atoms with van der Waals surface area (Å²) in [6.07, 6.45) is 1.78. The standard InChI is InChI=1S/C17H21N3O6S/c1-26-17(23)12-2-6-14(7-3-12)27(24,25)20-10-8-19(9-11-20)16(22)15(21)18-13-4-5-13/h2-3,6-7,13H,4-5,8-11H2,1H3,(H,18,21). The smallest absolute Gasteiger partial charge is 0.337 e. The highest BCUT2D eigenvalue weighted by Gasteiger charge is 2.34. The summed E-state index contributed by atoms with van der Waals surface area (Å²) in [4.78, 5) is 36.8. The lowest BCUT2D eigenvalue weighted by Crippen LogP contribution is -2.53. The molecule has 0 atom stereocenters. The zero-order chi connectivity index (χ0) is 19.6. The number of amides is 2. The molecule has 2 fully saturated rings. The van der Waals surface area contributed by atoms with Crippen LogP contribution < -0.4 is 5.32 Å². The molecule has 27 heavy (non-hydrogen) atoms. The second-order valence-electron chi connectivity index (χ2n) is 6.46. The van der Waals surface area contributed by atoms with Crippen LogP contribution in [0.15, 0.2) is 29.2 Å². The van der Waals surface area contributed by atoms with Crippen LogP contribution in [0.4, 0.5) is 0 Å². The fraction of sp³-hybridized carbons (Fsp3) is 0.471. The Morgan fingerprint density at radius 2 is 1.63 bits per heavy atom. The van der Waals surface area contributed by atoms with Crippen molar-refractivity contribution in [1.29, 1.82) is 0 Å². The van der Waals surface area contributed by atoms with E-state index in [0.717, 1.165) is 12.8 Å². The maximum absolute atomic E-state index is 12.7. The Kier molecular flexibility index (Phi) is 5.47. The molecular weight excluding hydrogens is 374 g/mol. The molecule has 146 valence electrons. The topological polar surface area (TPSA) is 113 Å². The first-order valence-corrected chi connectivity index (χ1v) is 10.0. The first-order valence-electron chi connectivity index (χ1n) is 8.61. The normalized spacial score (nSPS) is 18.0. The van der Waals surface area contributed by atoms with Gasteiger partial charge >= 0.3 is 17.8 Å². The van der Waals surface area contributed by atoms with Crippen molar-refractivity contribution in [1.82, 2.24) is 14.5 Å². The molecule has 0 bridgehead atoms.